The molecular formula is C28H32BrN3O2. The number of benzene rings is 2. The molecule has 0 spiro atoms. The summed E-state index contributed by atoms with van der Waals surface area (Å²) in [5.74, 6) is 1.63. The van der Waals surface area contributed by atoms with Crippen LogP contribution < -0.4 is 0 Å². The summed E-state index contributed by atoms with van der Waals surface area (Å²) in [4.78, 5) is 19.3. The highest BCUT2D eigenvalue weighted by atomic mass is 79.9. The minimum atomic E-state index is 0.0769. The Morgan fingerprint density at radius 1 is 1.06 bits per heavy atom. The molecule has 3 aromatic rings. The predicted molar refractivity (Wildman–Crippen MR) is 139 cm³/mol. The molecule has 2 heterocycles. The van der Waals surface area contributed by atoms with E-state index in [2.05, 4.69) is 43.8 Å². The zero-order chi connectivity index (χ0) is 23.6. The van der Waals surface area contributed by atoms with Crippen molar-refractivity contribution in [3.63, 3.8) is 0 Å². The summed E-state index contributed by atoms with van der Waals surface area (Å²) in [7, 11) is 0. The third-order valence-corrected chi connectivity index (χ3v) is 7.00. The number of halogens is 1. The maximum Gasteiger partial charge on any atom is 0.246 e. The normalized spacial score (nSPS) is 14.7. The van der Waals surface area contributed by atoms with Crippen molar-refractivity contribution < 1.29 is 9.53 Å². The Hall–Kier alpha value is -2.70. The zero-order valence-electron chi connectivity index (χ0n) is 19.5. The molecule has 1 fully saturated rings. The number of ether oxygens (including phenoxy) is 1. The number of rotatable bonds is 10. The van der Waals surface area contributed by atoms with E-state index in [-0.39, 0.29) is 5.91 Å². The molecule has 1 aromatic heterocycles. The lowest BCUT2D eigenvalue weighted by atomic mass is 9.95. The van der Waals surface area contributed by atoms with Crippen LogP contribution in [0.3, 0.4) is 0 Å². The van der Waals surface area contributed by atoms with Crippen molar-refractivity contribution in [1.29, 1.82) is 0 Å². The minimum Gasteiger partial charge on any atom is -0.377 e. The van der Waals surface area contributed by atoms with Gasteiger partial charge in [-0.15, -0.1) is 0 Å². The molecule has 0 bridgehead atoms. The summed E-state index contributed by atoms with van der Waals surface area (Å²) in [6.07, 6.45) is 11.5. The molecule has 1 aliphatic rings. The zero-order valence-corrected chi connectivity index (χ0v) is 21.1. The van der Waals surface area contributed by atoms with E-state index < -0.39 is 0 Å². The second kappa shape index (κ2) is 12.7. The monoisotopic (exact) mass is 521 g/mol. The largest absolute Gasteiger partial charge is 0.377 e. The number of hydrogen-bond acceptors (Lipinski definition) is 3. The lowest BCUT2D eigenvalue weighted by molar-refractivity contribution is -0.127. The molecule has 0 unspecified atom stereocenters. The van der Waals surface area contributed by atoms with E-state index in [0.29, 0.717) is 12.5 Å². The molecule has 1 amide bonds. The van der Waals surface area contributed by atoms with Gasteiger partial charge in [-0.05, 0) is 49.0 Å². The van der Waals surface area contributed by atoms with Crippen LogP contribution in [0.1, 0.15) is 48.6 Å². The summed E-state index contributed by atoms with van der Waals surface area (Å²) in [5.41, 5.74) is 2.23. The van der Waals surface area contributed by atoms with Gasteiger partial charge in [0.05, 0.1) is 6.61 Å². The summed E-state index contributed by atoms with van der Waals surface area (Å²) >= 11 is 3.53. The molecule has 6 heteroatoms. The van der Waals surface area contributed by atoms with Crippen LogP contribution in [0, 0.1) is 0 Å². The molecule has 0 aliphatic carbocycles. The number of unbranched alkanes of at least 4 members (excludes halogenated alkanes) is 1. The van der Waals surface area contributed by atoms with Gasteiger partial charge in [-0.25, -0.2) is 4.98 Å². The van der Waals surface area contributed by atoms with Crippen LogP contribution >= 0.6 is 15.9 Å². The molecule has 0 atom stereocenters. The second-order valence-corrected chi connectivity index (χ2v) is 9.53. The number of nitrogens with zero attached hydrogens (tertiary/aromatic N) is 3. The van der Waals surface area contributed by atoms with Gasteiger partial charge in [0.25, 0.3) is 0 Å². The molecule has 0 N–H and O–H groups in total. The Bertz CT molecular complexity index is 1070. The number of piperidine rings is 1. The van der Waals surface area contributed by atoms with Crippen molar-refractivity contribution in [2.24, 2.45) is 0 Å². The number of aryl methyl sites for hydroxylation is 1. The van der Waals surface area contributed by atoms with Gasteiger partial charge in [0, 0.05) is 55.1 Å². The van der Waals surface area contributed by atoms with Gasteiger partial charge in [0.2, 0.25) is 5.91 Å². The van der Waals surface area contributed by atoms with Crippen molar-refractivity contribution in [3.8, 4) is 0 Å². The van der Waals surface area contributed by atoms with Crippen LogP contribution in [0.2, 0.25) is 0 Å². The van der Waals surface area contributed by atoms with E-state index >= 15 is 0 Å². The number of carbonyl (C=O) groups is 1. The Kier molecular flexibility index (Phi) is 9.11. The van der Waals surface area contributed by atoms with E-state index in [1.54, 1.807) is 6.08 Å². The molecule has 2 aromatic carbocycles. The van der Waals surface area contributed by atoms with Crippen LogP contribution in [0.15, 0.2) is 77.5 Å². The first kappa shape index (κ1) is 24.4. The maximum absolute atomic E-state index is 12.7. The first-order valence-corrected chi connectivity index (χ1v) is 12.8. The van der Waals surface area contributed by atoms with Crippen LogP contribution in [-0.4, -0.2) is 40.1 Å². The lowest BCUT2D eigenvalue weighted by Crippen LogP contribution is -2.37. The van der Waals surface area contributed by atoms with Crippen molar-refractivity contribution in [2.75, 3.05) is 19.7 Å². The van der Waals surface area contributed by atoms with E-state index in [1.165, 1.54) is 5.56 Å². The molecule has 34 heavy (non-hydrogen) atoms. The fourth-order valence-electron chi connectivity index (χ4n) is 4.36. The molecule has 0 saturated carbocycles. The number of likely N-dealkylation sites (tertiary alicyclic amines) is 1. The highest BCUT2D eigenvalue weighted by Gasteiger charge is 2.25. The van der Waals surface area contributed by atoms with Crippen molar-refractivity contribution in [3.05, 3.63) is 94.5 Å². The molecule has 178 valence electrons. The van der Waals surface area contributed by atoms with E-state index in [4.69, 9.17) is 4.74 Å². The van der Waals surface area contributed by atoms with Gasteiger partial charge in [0.15, 0.2) is 0 Å². The third-order valence-electron chi connectivity index (χ3n) is 6.28. The Morgan fingerprint density at radius 3 is 2.62 bits per heavy atom. The molecule has 5 nitrogen and oxygen atoms in total. The second-order valence-electron chi connectivity index (χ2n) is 8.68. The van der Waals surface area contributed by atoms with Crippen molar-refractivity contribution in [2.45, 2.75) is 44.8 Å². The first-order chi connectivity index (χ1) is 16.7. The Morgan fingerprint density at radius 2 is 1.82 bits per heavy atom. The quantitative estimate of drug-likeness (QED) is 0.240. The average Bonchev–Trinajstić information content (AvgIpc) is 3.35. The van der Waals surface area contributed by atoms with Gasteiger partial charge >= 0.3 is 0 Å². The topological polar surface area (TPSA) is 47.4 Å². The van der Waals surface area contributed by atoms with Crippen LogP contribution in [0.25, 0.3) is 6.08 Å². The van der Waals surface area contributed by atoms with E-state index in [9.17, 15) is 4.79 Å². The predicted octanol–water partition coefficient (Wildman–Crippen LogP) is 6.06. The Balaban J connectivity index is 1.19. The number of hydrogen-bond donors (Lipinski definition) is 0. The summed E-state index contributed by atoms with van der Waals surface area (Å²) in [5, 5.41) is 0. The van der Waals surface area contributed by atoms with E-state index in [1.807, 2.05) is 59.6 Å². The fraction of sp³-hybridized carbons (Fsp3) is 0.357. The molecule has 4 rings (SSSR count). The maximum atomic E-state index is 12.7. The van der Waals surface area contributed by atoms with Gasteiger partial charge < -0.3 is 14.2 Å². The minimum absolute atomic E-state index is 0.0769. The standard InChI is InChI=1S/C28H32BrN3O2/c29-26-11-5-4-10-24(26)12-13-27(33)31-18-14-25(15-19-31)28-30-16-20-32(28)17-6-7-21-34-22-23-8-2-1-3-9-23/h1-5,8-13,16,20,25H,6-7,14-15,17-19,21-22H2. The van der Waals surface area contributed by atoms with Gasteiger partial charge in [0.1, 0.15) is 5.82 Å². The van der Waals surface area contributed by atoms with Crippen LogP contribution in [0.5, 0.6) is 0 Å². The first-order valence-electron chi connectivity index (χ1n) is 12.0. The fourth-order valence-corrected chi connectivity index (χ4v) is 4.77. The Labute approximate surface area is 210 Å². The average molecular weight is 522 g/mol. The number of carbonyl (C=O) groups excluding carboxylic acids is 1. The molecule has 1 saturated heterocycles. The summed E-state index contributed by atoms with van der Waals surface area (Å²) in [6, 6.07) is 18.2. The van der Waals surface area contributed by atoms with E-state index in [0.717, 1.165) is 67.8 Å². The summed E-state index contributed by atoms with van der Waals surface area (Å²) in [6.45, 7) is 3.94. The number of amides is 1. The molecule has 1 aliphatic heterocycles. The lowest BCUT2D eigenvalue weighted by Gasteiger charge is -2.31. The summed E-state index contributed by atoms with van der Waals surface area (Å²) < 4.78 is 9.08. The smallest absolute Gasteiger partial charge is 0.246 e. The molecular weight excluding hydrogens is 490 g/mol. The number of aromatic nitrogens is 2. The highest BCUT2D eigenvalue weighted by Crippen LogP contribution is 2.27. The SMILES string of the molecule is O=C(C=Cc1ccccc1Br)N1CCC(c2nccn2CCCCOCc2ccccc2)CC1. The van der Waals surface area contributed by atoms with Crippen molar-refractivity contribution in [1.82, 2.24) is 14.5 Å². The third kappa shape index (κ3) is 6.90. The van der Waals surface area contributed by atoms with Gasteiger partial charge in [-0.2, -0.15) is 0 Å². The van der Waals surface area contributed by atoms with Crippen molar-refractivity contribution >= 4 is 27.9 Å². The number of imidazole rings is 1. The highest BCUT2D eigenvalue weighted by molar-refractivity contribution is 9.10. The van der Waals surface area contributed by atoms with Gasteiger partial charge in [-0.3, -0.25) is 4.79 Å². The van der Waals surface area contributed by atoms with Crippen LogP contribution in [0.4, 0.5) is 0 Å². The van der Waals surface area contributed by atoms with Gasteiger partial charge in [-0.1, -0.05) is 64.5 Å². The van der Waals surface area contributed by atoms with Crippen LogP contribution in [-0.2, 0) is 22.7 Å². The molecule has 0 radical (unpaired) electrons.